The molecular formula is C17H20BrClN2. The summed E-state index contributed by atoms with van der Waals surface area (Å²) in [5.74, 6) is 0. The number of halogens is 2. The summed E-state index contributed by atoms with van der Waals surface area (Å²) in [6, 6.07) is 14.4. The van der Waals surface area contributed by atoms with Gasteiger partial charge >= 0.3 is 0 Å². The molecule has 0 saturated heterocycles. The Balaban J connectivity index is 2.25. The van der Waals surface area contributed by atoms with E-state index in [9.17, 15) is 0 Å². The van der Waals surface area contributed by atoms with Gasteiger partial charge in [-0.05, 0) is 48.9 Å². The molecule has 2 aromatic rings. The topological polar surface area (TPSA) is 29.3 Å². The van der Waals surface area contributed by atoms with Crippen LogP contribution >= 0.6 is 27.5 Å². The highest BCUT2D eigenvalue weighted by Gasteiger charge is 2.19. The predicted octanol–water partition coefficient (Wildman–Crippen LogP) is 4.54. The van der Waals surface area contributed by atoms with Gasteiger partial charge in [-0.25, -0.2) is 0 Å². The van der Waals surface area contributed by atoms with Crippen molar-refractivity contribution in [3.63, 3.8) is 0 Å². The van der Waals surface area contributed by atoms with E-state index < -0.39 is 0 Å². The fourth-order valence-corrected chi connectivity index (χ4v) is 3.17. The number of benzene rings is 2. The van der Waals surface area contributed by atoms with Crippen LogP contribution in [0.4, 0.5) is 0 Å². The summed E-state index contributed by atoms with van der Waals surface area (Å²) in [4.78, 5) is 2.26. The first kappa shape index (κ1) is 16.5. The maximum Gasteiger partial charge on any atom is 0.0482 e. The zero-order valence-electron chi connectivity index (χ0n) is 12.3. The molecule has 0 aliphatic rings. The highest BCUT2D eigenvalue weighted by molar-refractivity contribution is 9.10. The van der Waals surface area contributed by atoms with Crippen molar-refractivity contribution in [2.45, 2.75) is 19.5 Å². The maximum absolute atomic E-state index is 6.13. The van der Waals surface area contributed by atoms with Gasteiger partial charge in [-0.3, -0.25) is 4.90 Å². The number of nitrogens with two attached hydrogens (primary N) is 1. The second-order valence-electron chi connectivity index (χ2n) is 5.26. The van der Waals surface area contributed by atoms with Crippen LogP contribution in [0.3, 0.4) is 0 Å². The molecule has 2 nitrogen and oxygen atoms in total. The van der Waals surface area contributed by atoms with E-state index >= 15 is 0 Å². The molecule has 0 bridgehead atoms. The summed E-state index contributed by atoms with van der Waals surface area (Å²) in [7, 11) is 2.09. The largest absolute Gasteiger partial charge is 0.329 e. The van der Waals surface area contributed by atoms with Crippen LogP contribution in [0.15, 0.2) is 46.9 Å². The van der Waals surface area contributed by atoms with Crippen molar-refractivity contribution in [1.29, 1.82) is 0 Å². The van der Waals surface area contributed by atoms with Gasteiger partial charge in [-0.1, -0.05) is 51.8 Å². The first-order valence-corrected chi connectivity index (χ1v) is 8.09. The lowest BCUT2D eigenvalue weighted by molar-refractivity contribution is 0.240. The van der Waals surface area contributed by atoms with E-state index in [1.54, 1.807) is 0 Å². The van der Waals surface area contributed by atoms with Gasteiger partial charge in [0.15, 0.2) is 0 Å². The van der Waals surface area contributed by atoms with Crippen molar-refractivity contribution in [2.75, 3.05) is 13.6 Å². The predicted molar refractivity (Wildman–Crippen MR) is 93.6 cm³/mol. The summed E-state index contributed by atoms with van der Waals surface area (Å²) in [6.07, 6.45) is 0. The molecule has 0 aliphatic heterocycles. The Kier molecular flexibility index (Phi) is 5.82. The Morgan fingerprint density at radius 1 is 1.24 bits per heavy atom. The standard InChI is InChI=1S/C17H20BrClN2/c1-12-5-3-4-6-13(12)11-21(2)17(10-20)15-9-14(19)7-8-16(15)18/h3-9,17H,10-11,20H2,1-2H3. The molecule has 2 rings (SSSR count). The third-order valence-electron chi connectivity index (χ3n) is 3.75. The van der Waals surface area contributed by atoms with Gasteiger partial charge in [-0.15, -0.1) is 0 Å². The van der Waals surface area contributed by atoms with Gasteiger partial charge in [0.05, 0.1) is 0 Å². The van der Waals surface area contributed by atoms with Crippen LogP contribution in [0.25, 0.3) is 0 Å². The van der Waals surface area contributed by atoms with E-state index in [1.807, 2.05) is 18.2 Å². The van der Waals surface area contributed by atoms with Gasteiger partial charge < -0.3 is 5.73 Å². The first-order chi connectivity index (χ1) is 10.0. The molecule has 0 spiro atoms. The monoisotopic (exact) mass is 366 g/mol. The molecule has 1 unspecified atom stereocenters. The van der Waals surface area contributed by atoms with Crippen LogP contribution in [0.1, 0.15) is 22.7 Å². The molecule has 4 heteroatoms. The van der Waals surface area contributed by atoms with Gasteiger partial charge in [0.2, 0.25) is 0 Å². The lowest BCUT2D eigenvalue weighted by Gasteiger charge is -2.29. The molecule has 0 amide bonds. The molecule has 112 valence electrons. The third kappa shape index (κ3) is 4.07. The molecule has 21 heavy (non-hydrogen) atoms. The Hall–Kier alpha value is -0.870. The van der Waals surface area contributed by atoms with Gasteiger partial charge in [0.25, 0.3) is 0 Å². The van der Waals surface area contributed by atoms with Crippen molar-refractivity contribution in [3.05, 3.63) is 68.7 Å². The summed E-state index contributed by atoms with van der Waals surface area (Å²) in [5, 5.41) is 0.732. The summed E-state index contributed by atoms with van der Waals surface area (Å²) in [6.45, 7) is 3.53. The van der Waals surface area contributed by atoms with Gasteiger partial charge in [0.1, 0.15) is 0 Å². The number of hydrogen-bond donors (Lipinski definition) is 1. The first-order valence-electron chi connectivity index (χ1n) is 6.92. The molecule has 0 fully saturated rings. The van der Waals surface area contributed by atoms with E-state index in [4.69, 9.17) is 17.3 Å². The van der Waals surface area contributed by atoms with Gasteiger partial charge in [0, 0.05) is 28.6 Å². The minimum Gasteiger partial charge on any atom is -0.329 e. The normalized spacial score (nSPS) is 12.7. The number of hydrogen-bond acceptors (Lipinski definition) is 2. The molecule has 0 saturated carbocycles. The number of likely N-dealkylation sites (N-methyl/N-ethyl adjacent to an activating group) is 1. The zero-order chi connectivity index (χ0) is 15.4. The number of rotatable bonds is 5. The highest BCUT2D eigenvalue weighted by atomic mass is 79.9. The molecule has 0 aromatic heterocycles. The van der Waals surface area contributed by atoms with Crippen molar-refractivity contribution >= 4 is 27.5 Å². The van der Waals surface area contributed by atoms with Crippen molar-refractivity contribution in [1.82, 2.24) is 4.90 Å². The van der Waals surface area contributed by atoms with E-state index in [0.29, 0.717) is 6.54 Å². The minimum absolute atomic E-state index is 0.123. The minimum atomic E-state index is 0.123. The van der Waals surface area contributed by atoms with E-state index in [0.717, 1.165) is 21.6 Å². The van der Waals surface area contributed by atoms with Crippen molar-refractivity contribution < 1.29 is 0 Å². The lowest BCUT2D eigenvalue weighted by atomic mass is 10.0. The van der Waals surface area contributed by atoms with E-state index in [-0.39, 0.29) is 6.04 Å². The molecular weight excluding hydrogens is 348 g/mol. The summed E-state index contributed by atoms with van der Waals surface area (Å²) < 4.78 is 1.04. The number of aryl methyl sites for hydroxylation is 1. The second-order valence-corrected chi connectivity index (χ2v) is 6.55. The average molecular weight is 368 g/mol. The fraction of sp³-hybridized carbons (Fsp3) is 0.294. The average Bonchev–Trinajstić information content (AvgIpc) is 2.46. The van der Waals surface area contributed by atoms with E-state index in [2.05, 4.69) is 59.1 Å². The summed E-state index contributed by atoms with van der Waals surface area (Å²) in [5.41, 5.74) is 9.75. The van der Waals surface area contributed by atoms with Gasteiger partial charge in [-0.2, -0.15) is 0 Å². The summed E-state index contributed by atoms with van der Waals surface area (Å²) >= 11 is 9.73. The van der Waals surface area contributed by atoms with Crippen molar-refractivity contribution in [3.8, 4) is 0 Å². The molecule has 1 atom stereocenters. The van der Waals surface area contributed by atoms with Crippen LogP contribution in [-0.4, -0.2) is 18.5 Å². The van der Waals surface area contributed by atoms with Crippen LogP contribution in [0, 0.1) is 6.92 Å². The third-order valence-corrected chi connectivity index (χ3v) is 4.71. The zero-order valence-corrected chi connectivity index (χ0v) is 14.7. The quantitative estimate of drug-likeness (QED) is 0.840. The molecule has 0 radical (unpaired) electrons. The second kappa shape index (κ2) is 7.41. The van der Waals surface area contributed by atoms with Crippen LogP contribution < -0.4 is 5.73 Å². The maximum atomic E-state index is 6.13. The van der Waals surface area contributed by atoms with Crippen LogP contribution in [-0.2, 0) is 6.54 Å². The Morgan fingerprint density at radius 2 is 1.95 bits per heavy atom. The van der Waals surface area contributed by atoms with E-state index in [1.165, 1.54) is 11.1 Å². The van der Waals surface area contributed by atoms with Crippen LogP contribution in [0.5, 0.6) is 0 Å². The van der Waals surface area contributed by atoms with Crippen molar-refractivity contribution in [2.24, 2.45) is 5.73 Å². The lowest BCUT2D eigenvalue weighted by Crippen LogP contribution is -2.30. The number of nitrogens with zero attached hydrogens (tertiary/aromatic N) is 1. The Labute approximate surface area is 140 Å². The highest BCUT2D eigenvalue weighted by Crippen LogP contribution is 2.30. The Morgan fingerprint density at radius 3 is 2.62 bits per heavy atom. The SMILES string of the molecule is Cc1ccccc1CN(C)C(CN)c1cc(Cl)ccc1Br. The Bertz CT molecular complexity index is 615. The molecule has 0 aliphatic carbocycles. The fourth-order valence-electron chi connectivity index (χ4n) is 2.48. The molecule has 0 heterocycles. The smallest absolute Gasteiger partial charge is 0.0482 e. The molecule has 2 N–H and O–H groups in total. The van der Waals surface area contributed by atoms with Crippen LogP contribution in [0.2, 0.25) is 5.02 Å². The molecule has 2 aromatic carbocycles.